The van der Waals surface area contributed by atoms with Crippen molar-refractivity contribution < 1.29 is 4.74 Å². The maximum absolute atomic E-state index is 5.89. The van der Waals surface area contributed by atoms with Gasteiger partial charge in [0.1, 0.15) is 11.9 Å². The van der Waals surface area contributed by atoms with Gasteiger partial charge in [-0.2, -0.15) is 0 Å². The summed E-state index contributed by atoms with van der Waals surface area (Å²) in [6.45, 7) is 7.49. The predicted molar refractivity (Wildman–Crippen MR) is 72.7 cm³/mol. The van der Waals surface area contributed by atoms with Crippen molar-refractivity contribution in [1.82, 2.24) is 5.32 Å². The fraction of sp³-hybridized carbons (Fsp3) is 0.538. The second kappa shape index (κ2) is 6.24. The Balaban J connectivity index is 2.42. The molecule has 1 aromatic rings. The van der Waals surface area contributed by atoms with Gasteiger partial charge >= 0.3 is 0 Å². The van der Waals surface area contributed by atoms with E-state index in [2.05, 4.69) is 19.2 Å². The molecule has 0 aliphatic rings. The molecule has 0 aromatic heterocycles. The first kappa shape index (κ1) is 14.3. The molecule has 0 spiro atoms. The normalized spacial score (nSPS) is 13.5. The maximum Gasteiger partial charge on any atom is 0.121 e. The molecule has 0 bridgehead atoms. The Kier molecular flexibility index (Phi) is 5.25. The Hall–Kier alpha value is -0.770. The van der Waals surface area contributed by atoms with Crippen LogP contribution in [0.15, 0.2) is 24.3 Å². The first-order valence-corrected chi connectivity index (χ1v) is 6.18. The van der Waals surface area contributed by atoms with E-state index in [-0.39, 0.29) is 11.6 Å². The number of benzene rings is 1. The van der Waals surface area contributed by atoms with E-state index in [1.807, 2.05) is 31.2 Å². The van der Waals surface area contributed by atoms with Crippen LogP contribution in [-0.2, 0) is 0 Å². The van der Waals surface area contributed by atoms with Gasteiger partial charge in [0.25, 0.3) is 0 Å². The van der Waals surface area contributed by atoms with Crippen LogP contribution in [0.5, 0.6) is 5.75 Å². The maximum atomic E-state index is 5.89. The van der Waals surface area contributed by atoms with Gasteiger partial charge in [-0.25, -0.2) is 0 Å². The summed E-state index contributed by atoms with van der Waals surface area (Å²) in [7, 11) is 0. The second-order valence-electron chi connectivity index (χ2n) is 4.85. The molecule has 96 valence electrons. The Morgan fingerprint density at radius 3 is 2.76 bits per heavy atom. The number of nitrogens with two attached hydrogens (primary N) is 1. The molecule has 4 heteroatoms. The highest BCUT2D eigenvalue weighted by atomic mass is 35.5. The van der Waals surface area contributed by atoms with Gasteiger partial charge in [-0.05, 0) is 39.0 Å². The Bertz CT molecular complexity index is 355. The third-order valence-corrected chi connectivity index (χ3v) is 2.75. The lowest BCUT2D eigenvalue weighted by atomic mass is 10.1. The molecule has 3 N–H and O–H groups in total. The van der Waals surface area contributed by atoms with Crippen molar-refractivity contribution in [2.24, 2.45) is 5.73 Å². The van der Waals surface area contributed by atoms with Crippen molar-refractivity contribution in [1.29, 1.82) is 0 Å². The van der Waals surface area contributed by atoms with E-state index in [1.165, 1.54) is 0 Å². The first-order chi connectivity index (χ1) is 7.93. The van der Waals surface area contributed by atoms with Crippen molar-refractivity contribution in [3.05, 3.63) is 29.3 Å². The SMILES string of the molecule is CC(CNC(C)(C)CN)Oc1cccc(Cl)c1. The lowest BCUT2D eigenvalue weighted by Gasteiger charge is -2.26. The van der Waals surface area contributed by atoms with E-state index in [0.717, 1.165) is 12.3 Å². The summed E-state index contributed by atoms with van der Waals surface area (Å²) in [5, 5.41) is 4.05. The van der Waals surface area contributed by atoms with Gasteiger partial charge in [-0.3, -0.25) is 0 Å². The lowest BCUT2D eigenvalue weighted by Crippen LogP contribution is -2.49. The number of hydrogen-bond acceptors (Lipinski definition) is 3. The fourth-order valence-corrected chi connectivity index (χ4v) is 1.49. The smallest absolute Gasteiger partial charge is 0.121 e. The van der Waals surface area contributed by atoms with Gasteiger partial charge in [0.15, 0.2) is 0 Å². The molecule has 1 unspecified atom stereocenters. The third-order valence-electron chi connectivity index (χ3n) is 2.51. The number of nitrogens with one attached hydrogen (secondary N) is 1. The fourth-order valence-electron chi connectivity index (χ4n) is 1.31. The summed E-state index contributed by atoms with van der Waals surface area (Å²) >= 11 is 5.89. The average molecular weight is 257 g/mol. The van der Waals surface area contributed by atoms with Crippen LogP contribution in [0, 0.1) is 0 Å². The van der Waals surface area contributed by atoms with Gasteiger partial charge < -0.3 is 15.8 Å². The van der Waals surface area contributed by atoms with Crippen LogP contribution in [0.2, 0.25) is 5.02 Å². The minimum atomic E-state index is -0.0635. The van der Waals surface area contributed by atoms with Crippen molar-refractivity contribution in [3.63, 3.8) is 0 Å². The largest absolute Gasteiger partial charge is 0.489 e. The highest BCUT2D eigenvalue weighted by Crippen LogP contribution is 2.18. The average Bonchev–Trinajstić information content (AvgIpc) is 2.27. The Morgan fingerprint density at radius 1 is 1.47 bits per heavy atom. The van der Waals surface area contributed by atoms with Crippen LogP contribution in [0.1, 0.15) is 20.8 Å². The molecule has 1 aromatic carbocycles. The molecule has 0 amide bonds. The zero-order valence-corrected chi connectivity index (χ0v) is 11.4. The van der Waals surface area contributed by atoms with E-state index in [9.17, 15) is 0 Å². The molecule has 1 atom stereocenters. The van der Waals surface area contributed by atoms with Crippen LogP contribution in [-0.4, -0.2) is 24.7 Å². The highest BCUT2D eigenvalue weighted by molar-refractivity contribution is 6.30. The summed E-state index contributed by atoms with van der Waals surface area (Å²) < 4.78 is 5.75. The van der Waals surface area contributed by atoms with Gasteiger partial charge in [0, 0.05) is 23.7 Å². The van der Waals surface area contributed by atoms with E-state index >= 15 is 0 Å². The first-order valence-electron chi connectivity index (χ1n) is 5.80. The summed E-state index contributed by atoms with van der Waals surface area (Å²) in [5.74, 6) is 0.789. The molecule has 0 aliphatic carbocycles. The quantitative estimate of drug-likeness (QED) is 0.822. The number of ether oxygens (including phenoxy) is 1. The lowest BCUT2D eigenvalue weighted by molar-refractivity contribution is 0.201. The Labute approximate surface area is 108 Å². The summed E-state index contributed by atoms with van der Waals surface area (Å²) in [6, 6.07) is 7.42. The topological polar surface area (TPSA) is 47.3 Å². The molecule has 0 fully saturated rings. The molecule has 0 saturated carbocycles. The predicted octanol–water partition coefficient (Wildman–Crippen LogP) is 2.43. The molecule has 1 rings (SSSR count). The number of hydrogen-bond donors (Lipinski definition) is 2. The van der Waals surface area contributed by atoms with E-state index in [4.69, 9.17) is 22.1 Å². The van der Waals surface area contributed by atoms with E-state index in [1.54, 1.807) is 0 Å². The molecule has 3 nitrogen and oxygen atoms in total. The molecular formula is C13H21ClN2O. The van der Waals surface area contributed by atoms with Crippen molar-refractivity contribution >= 4 is 11.6 Å². The van der Waals surface area contributed by atoms with Gasteiger partial charge in [0.2, 0.25) is 0 Å². The van der Waals surface area contributed by atoms with E-state index in [0.29, 0.717) is 11.6 Å². The van der Waals surface area contributed by atoms with Crippen molar-refractivity contribution in [2.75, 3.05) is 13.1 Å². The van der Waals surface area contributed by atoms with Gasteiger partial charge in [-0.1, -0.05) is 17.7 Å². The van der Waals surface area contributed by atoms with E-state index < -0.39 is 0 Å². The Morgan fingerprint density at radius 2 is 2.18 bits per heavy atom. The monoisotopic (exact) mass is 256 g/mol. The summed E-state index contributed by atoms with van der Waals surface area (Å²) in [5.41, 5.74) is 5.58. The highest BCUT2D eigenvalue weighted by Gasteiger charge is 2.16. The van der Waals surface area contributed by atoms with Crippen LogP contribution in [0.4, 0.5) is 0 Å². The molecular weight excluding hydrogens is 236 g/mol. The molecule has 17 heavy (non-hydrogen) atoms. The van der Waals surface area contributed by atoms with Crippen molar-refractivity contribution in [3.8, 4) is 5.75 Å². The minimum Gasteiger partial charge on any atom is -0.489 e. The minimum absolute atomic E-state index is 0.0635. The number of rotatable bonds is 6. The zero-order chi connectivity index (χ0) is 12.9. The molecule has 0 heterocycles. The number of halogens is 1. The van der Waals surface area contributed by atoms with Crippen molar-refractivity contribution in [2.45, 2.75) is 32.4 Å². The third kappa shape index (κ3) is 5.39. The van der Waals surface area contributed by atoms with Crippen LogP contribution in [0.3, 0.4) is 0 Å². The van der Waals surface area contributed by atoms with Crippen LogP contribution >= 0.6 is 11.6 Å². The molecule has 0 radical (unpaired) electrons. The molecule has 0 saturated heterocycles. The molecule has 0 aliphatic heterocycles. The van der Waals surface area contributed by atoms with Gasteiger partial charge in [0.05, 0.1) is 0 Å². The van der Waals surface area contributed by atoms with Gasteiger partial charge in [-0.15, -0.1) is 0 Å². The standard InChI is InChI=1S/C13H21ClN2O/c1-10(8-16-13(2,3)9-15)17-12-6-4-5-11(14)7-12/h4-7,10,16H,8-9,15H2,1-3H3. The van der Waals surface area contributed by atoms with Crippen LogP contribution < -0.4 is 15.8 Å². The summed E-state index contributed by atoms with van der Waals surface area (Å²) in [4.78, 5) is 0. The zero-order valence-electron chi connectivity index (χ0n) is 10.7. The second-order valence-corrected chi connectivity index (χ2v) is 5.29. The van der Waals surface area contributed by atoms with Crippen LogP contribution in [0.25, 0.3) is 0 Å². The summed E-state index contributed by atoms with van der Waals surface area (Å²) in [6.07, 6.45) is 0.0688.